The molecule has 0 radical (unpaired) electrons. The first-order valence-corrected chi connectivity index (χ1v) is 6.62. The average Bonchev–Trinajstić information content (AvgIpc) is 3.13. The first kappa shape index (κ1) is 10.8. The molecular formula is C13H15BrO2. The van der Waals surface area contributed by atoms with E-state index in [0.717, 1.165) is 17.0 Å². The van der Waals surface area contributed by atoms with Crippen LogP contribution < -0.4 is 0 Å². The molecule has 1 atom stereocenters. The summed E-state index contributed by atoms with van der Waals surface area (Å²) in [5.41, 5.74) is 2.69. The molecule has 0 N–H and O–H groups in total. The van der Waals surface area contributed by atoms with Crippen molar-refractivity contribution in [2.75, 3.05) is 19.8 Å². The molecule has 16 heavy (non-hydrogen) atoms. The Balaban J connectivity index is 1.86. The zero-order valence-corrected chi connectivity index (χ0v) is 10.7. The van der Waals surface area contributed by atoms with Crippen molar-refractivity contribution in [1.29, 1.82) is 0 Å². The van der Waals surface area contributed by atoms with Gasteiger partial charge in [0.15, 0.2) is 0 Å². The molecule has 0 bridgehead atoms. The first-order valence-electron chi connectivity index (χ1n) is 5.82. The Morgan fingerprint density at radius 3 is 2.56 bits per heavy atom. The minimum Gasteiger partial charge on any atom is -0.376 e. The lowest BCUT2D eigenvalue weighted by Crippen LogP contribution is -2.22. The molecule has 0 amide bonds. The fourth-order valence-electron chi connectivity index (χ4n) is 2.15. The minimum atomic E-state index is 0.115. The molecule has 86 valence electrons. The van der Waals surface area contributed by atoms with Crippen molar-refractivity contribution in [3.63, 3.8) is 0 Å². The van der Waals surface area contributed by atoms with Crippen molar-refractivity contribution in [1.82, 2.24) is 0 Å². The van der Waals surface area contributed by atoms with E-state index < -0.39 is 0 Å². The van der Waals surface area contributed by atoms with E-state index in [1.165, 1.54) is 24.0 Å². The van der Waals surface area contributed by atoms with Gasteiger partial charge in [-0.3, -0.25) is 0 Å². The molecule has 0 aromatic heterocycles. The Morgan fingerprint density at radius 2 is 1.88 bits per heavy atom. The molecule has 1 aromatic carbocycles. The van der Waals surface area contributed by atoms with Gasteiger partial charge in [-0.1, -0.05) is 22.0 Å². The van der Waals surface area contributed by atoms with E-state index in [2.05, 4.69) is 34.1 Å². The second-order valence-electron chi connectivity index (χ2n) is 4.53. The van der Waals surface area contributed by atoms with Crippen LogP contribution in [0.15, 0.2) is 22.7 Å². The van der Waals surface area contributed by atoms with E-state index in [1.807, 2.05) is 0 Å². The van der Waals surface area contributed by atoms with Gasteiger partial charge in [-0.25, -0.2) is 0 Å². The third kappa shape index (κ3) is 2.31. The lowest BCUT2D eigenvalue weighted by Gasteiger charge is -2.24. The van der Waals surface area contributed by atoms with Crippen LogP contribution in [-0.4, -0.2) is 19.8 Å². The van der Waals surface area contributed by atoms with Gasteiger partial charge in [-0.15, -0.1) is 0 Å². The average molecular weight is 283 g/mol. The predicted octanol–water partition coefficient (Wildman–Crippen LogP) is 3.41. The quantitative estimate of drug-likeness (QED) is 0.828. The van der Waals surface area contributed by atoms with E-state index in [9.17, 15) is 0 Å². The molecule has 2 fully saturated rings. The zero-order valence-electron chi connectivity index (χ0n) is 9.12. The molecule has 1 unspecified atom stereocenters. The number of halogens is 1. The van der Waals surface area contributed by atoms with E-state index in [4.69, 9.17) is 9.47 Å². The molecule has 2 aliphatic rings. The van der Waals surface area contributed by atoms with Crippen LogP contribution in [0.4, 0.5) is 0 Å². The maximum Gasteiger partial charge on any atom is 0.106 e. The molecule has 1 aliphatic heterocycles. The van der Waals surface area contributed by atoms with Crippen LogP contribution in [0, 0.1) is 0 Å². The SMILES string of the molecule is Brc1cc(C2CC2)cc(C2COCCO2)c1. The van der Waals surface area contributed by atoms with Crippen molar-refractivity contribution >= 4 is 15.9 Å². The van der Waals surface area contributed by atoms with E-state index in [-0.39, 0.29) is 6.10 Å². The van der Waals surface area contributed by atoms with Crippen LogP contribution in [0.1, 0.15) is 36.0 Å². The van der Waals surface area contributed by atoms with Gasteiger partial charge in [0.2, 0.25) is 0 Å². The molecule has 1 heterocycles. The second kappa shape index (κ2) is 4.47. The van der Waals surface area contributed by atoms with Crippen LogP contribution in [0.3, 0.4) is 0 Å². The predicted molar refractivity (Wildman–Crippen MR) is 65.6 cm³/mol. The highest BCUT2D eigenvalue weighted by molar-refractivity contribution is 9.10. The van der Waals surface area contributed by atoms with Gasteiger partial charge in [0.05, 0.1) is 19.8 Å². The van der Waals surface area contributed by atoms with Crippen molar-refractivity contribution in [3.05, 3.63) is 33.8 Å². The summed E-state index contributed by atoms with van der Waals surface area (Å²) >= 11 is 3.58. The van der Waals surface area contributed by atoms with Gasteiger partial charge >= 0.3 is 0 Å². The van der Waals surface area contributed by atoms with Gasteiger partial charge in [0, 0.05) is 4.47 Å². The second-order valence-corrected chi connectivity index (χ2v) is 5.44. The smallest absolute Gasteiger partial charge is 0.106 e. The van der Waals surface area contributed by atoms with Gasteiger partial charge in [-0.05, 0) is 42.0 Å². The summed E-state index contributed by atoms with van der Waals surface area (Å²) in [5, 5.41) is 0. The number of hydrogen-bond acceptors (Lipinski definition) is 2. The van der Waals surface area contributed by atoms with Gasteiger partial charge < -0.3 is 9.47 Å². The highest BCUT2D eigenvalue weighted by atomic mass is 79.9. The van der Waals surface area contributed by atoms with Crippen LogP contribution in [-0.2, 0) is 9.47 Å². The Hall–Kier alpha value is -0.380. The number of hydrogen-bond donors (Lipinski definition) is 0. The largest absolute Gasteiger partial charge is 0.376 e. The Kier molecular flexibility index (Phi) is 3.01. The van der Waals surface area contributed by atoms with Crippen molar-refractivity contribution in [2.24, 2.45) is 0 Å². The summed E-state index contributed by atoms with van der Waals surface area (Å²) in [6.07, 6.45) is 2.78. The fourth-order valence-corrected chi connectivity index (χ4v) is 2.68. The molecule has 1 aromatic rings. The summed E-state index contributed by atoms with van der Waals surface area (Å²) in [7, 11) is 0. The standard InChI is InChI=1S/C13H15BrO2/c14-12-6-10(9-1-2-9)5-11(7-12)13-8-15-3-4-16-13/h5-7,9,13H,1-4,8H2. The Morgan fingerprint density at radius 1 is 1.06 bits per heavy atom. The fraction of sp³-hybridized carbons (Fsp3) is 0.538. The Bertz CT molecular complexity index is 382. The lowest BCUT2D eigenvalue weighted by atomic mass is 10.0. The maximum absolute atomic E-state index is 5.73. The van der Waals surface area contributed by atoms with Gasteiger partial charge in [0.1, 0.15) is 6.10 Å². The number of benzene rings is 1. The minimum absolute atomic E-state index is 0.115. The van der Waals surface area contributed by atoms with Crippen molar-refractivity contribution in [3.8, 4) is 0 Å². The first-order chi connectivity index (χ1) is 7.83. The highest BCUT2D eigenvalue weighted by Crippen LogP contribution is 2.42. The van der Waals surface area contributed by atoms with Crippen LogP contribution in [0.25, 0.3) is 0 Å². The summed E-state index contributed by atoms with van der Waals surface area (Å²) in [4.78, 5) is 0. The summed E-state index contributed by atoms with van der Waals surface area (Å²) < 4.78 is 12.3. The summed E-state index contributed by atoms with van der Waals surface area (Å²) in [6.45, 7) is 2.11. The molecule has 2 nitrogen and oxygen atoms in total. The van der Waals surface area contributed by atoms with Crippen molar-refractivity contribution < 1.29 is 9.47 Å². The molecule has 0 spiro atoms. The van der Waals surface area contributed by atoms with E-state index in [1.54, 1.807) is 0 Å². The van der Waals surface area contributed by atoms with Crippen molar-refractivity contribution in [2.45, 2.75) is 24.9 Å². The van der Waals surface area contributed by atoms with E-state index >= 15 is 0 Å². The van der Waals surface area contributed by atoms with Gasteiger partial charge in [0.25, 0.3) is 0 Å². The molecular weight excluding hydrogens is 268 g/mol. The van der Waals surface area contributed by atoms with Crippen LogP contribution in [0.5, 0.6) is 0 Å². The topological polar surface area (TPSA) is 18.5 Å². The molecule has 3 rings (SSSR count). The summed E-state index contributed by atoms with van der Waals surface area (Å²) in [6, 6.07) is 6.65. The van der Waals surface area contributed by atoms with Gasteiger partial charge in [-0.2, -0.15) is 0 Å². The molecule has 1 saturated heterocycles. The highest BCUT2D eigenvalue weighted by Gasteiger charge is 2.25. The third-order valence-corrected chi connectivity index (χ3v) is 3.64. The normalized spacial score (nSPS) is 25.7. The van der Waals surface area contributed by atoms with E-state index in [0.29, 0.717) is 13.2 Å². The number of ether oxygens (including phenoxy) is 2. The number of rotatable bonds is 2. The molecule has 1 aliphatic carbocycles. The molecule has 1 saturated carbocycles. The third-order valence-electron chi connectivity index (χ3n) is 3.18. The maximum atomic E-state index is 5.73. The van der Waals surface area contributed by atoms with Crippen LogP contribution in [0.2, 0.25) is 0 Å². The zero-order chi connectivity index (χ0) is 11.0. The monoisotopic (exact) mass is 282 g/mol. The Labute approximate surface area is 104 Å². The lowest BCUT2D eigenvalue weighted by molar-refractivity contribution is -0.0901. The van der Waals surface area contributed by atoms with Crippen LogP contribution >= 0.6 is 15.9 Å². The molecule has 3 heteroatoms. The summed E-state index contributed by atoms with van der Waals surface area (Å²) in [5.74, 6) is 0.778.